The number of fused-ring (bicyclic) bond motifs is 1. The summed E-state index contributed by atoms with van der Waals surface area (Å²) in [5, 5.41) is 0. The predicted octanol–water partition coefficient (Wildman–Crippen LogP) is 3.54. The molecule has 0 aromatic heterocycles. The van der Waals surface area contributed by atoms with Gasteiger partial charge in [-0.15, -0.1) is 0 Å². The number of rotatable bonds is 5. The molecule has 3 rings (SSSR count). The zero-order chi connectivity index (χ0) is 13.9. The van der Waals surface area contributed by atoms with Gasteiger partial charge in [0.25, 0.3) is 0 Å². The molecule has 0 fully saturated rings. The SMILES string of the molecule is CC(=O)Cc1ccc(OCC2Cc3ccccc32)cc1. The van der Waals surface area contributed by atoms with Crippen LogP contribution in [0.4, 0.5) is 0 Å². The van der Waals surface area contributed by atoms with Gasteiger partial charge in [-0.2, -0.15) is 0 Å². The van der Waals surface area contributed by atoms with Crippen LogP contribution >= 0.6 is 0 Å². The largest absolute Gasteiger partial charge is 0.493 e. The van der Waals surface area contributed by atoms with Gasteiger partial charge in [0.05, 0.1) is 6.61 Å². The highest BCUT2D eigenvalue weighted by Crippen LogP contribution is 2.35. The standard InChI is InChI=1S/C18H18O2/c1-13(19)10-14-6-8-17(9-7-14)20-12-16-11-15-4-2-3-5-18(15)16/h2-9,16H,10-12H2,1H3. The van der Waals surface area contributed by atoms with E-state index in [4.69, 9.17) is 4.74 Å². The number of ketones is 1. The van der Waals surface area contributed by atoms with Crippen LogP contribution in [0.15, 0.2) is 48.5 Å². The lowest BCUT2D eigenvalue weighted by atomic mass is 9.78. The lowest BCUT2D eigenvalue weighted by Gasteiger charge is -2.29. The molecule has 1 aliphatic rings. The highest BCUT2D eigenvalue weighted by Gasteiger charge is 2.25. The molecule has 2 aromatic rings. The molecule has 0 radical (unpaired) electrons. The van der Waals surface area contributed by atoms with Crippen LogP contribution in [0.1, 0.15) is 29.5 Å². The normalized spacial score (nSPS) is 16.1. The predicted molar refractivity (Wildman–Crippen MR) is 79.2 cm³/mol. The van der Waals surface area contributed by atoms with E-state index in [2.05, 4.69) is 24.3 Å². The van der Waals surface area contributed by atoms with Crippen LogP contribution < -0.4 is 4.74 Å². The number of benzene rings is 2. The fourth-order valence-corrected chi connectivity index (χ4v) is 2.70. The van der Waals surface area contributed by atoms with Crippen molar-refractivity contribution >= 4 is 5.78 Å². The van der Waals surface area contributed by atoms with Crippen LogP contribution in [0, 0.1) is 0 Å². The van der Waals surface area contributed by atoms with E-state index in [1.807, 2.05) is 24.3 Å². The third kappa shape index (κ3) is 2.74. The topological polar surface area (TPSA) is 26.3 Å². The minimum Gasteiger partial charge on any atom is -0.493 e. The molecule has 0 N–H and O–H groups in total. The van der Waals surface area contributed by atoms with Gasteiger partial charge >= 0.3 is 0 Å². The summed E-state index contributed by atoms with van der Waals surface area (Å²) >= 11 is 0. The smallest absolute Gasteiger partial charge is 0.134 e. The maximum absolute atomic E-state index is 11.0. The summed E-state index contributed by atoms with van der Waals surface area (Å²) in [4.78, 5) is 11.0. The Kier molecular flexibility index (Phi) is 3.55. The molecule has 20 heavy (non-hydrogen) atoms. The monoisotopic (exact) mass is 266 g/mol. The van der Waals surface area contributed by atoms with Gasteiger partial charge in [0.1, 0.15) is 11.5 Å². The van der Waals surface area contributed by atoms with Crippen LogP contribution in [0.2, 0.25) is 0 Å². The average Bonchev–Trinajstić information content (AvgIpc) is 2.41. The molecule has 2 aromatic carbocycles. The Hall–Kier alpha value is -2.09. The molecule has 0 amide bonds. The second kappa shape index (κ2) is 5.49. The zero-order valence-corrected chi connectivity index (χ0v) is 11.6. The second-order valence-corrected chi connectivity index (χ2v) is 5.43. The van der Waals surface area contributed by atoms with Gasteiger partial charge in [0, 0.05) is 12.3 Å². The first kappa shape index (κ1) is 12.9. The van der Waals surface area contributed by atoms with Crippen LogP contribution in [0.5, 0.6) is 5.75 Å². The maximum Gasteiger partial charge on any atom is 0.134 e. The number of ether oxygens (including phenoxy) is 1. The quantitative estimate of drug-likeness (QED) is 0.827. The molecule has 1 aliphatic carbocycles. The van der Waals surface area contributed by atoms with Crippen molar-refractivity contribution in [3.05, 3.63) is 65.2 Å². The average molecular weight is 266 g/mol. The first-order valence-electron chi connectivity index (χ1n) is 7.01. The van der Waals surface area contributed by atoms with Gasteiger partial charge in [0.2, 0.25) is 0 Å². The summed E-state index contributed by atoms with van der Waals surface area (Å²) in [5.74, 6) is 1.58. The van der Waals surface area contributed by atoms with Gasteiger partial charge in [-0.3, -0.25) is 4.79 Å². The molecule has 0 bridgehead atoms. The number of carbonyl (C=O) groups excluding carboxylic acids is 1. The molecule has 0 aliphatic heterocycles. The molecular formula is C18H18O2. The van der Waals surface area contributed by atoms with Crippen molar-refractivity contribution in [1.29, 1.82) is 0 Å². The molecule has 0 saturated carbocycles. The van der Waals surface area contributed by atoms with E-state index in [0.717, 1.165) is 24.3 Å². The van der Waals surface area contributed by atoms with Crippen molar-refractivity contribution in [2.75, 3.05) is 6.61 Å². The van der Waals surface area contributed by atoms with Crippen LogP contribution in [0.3, 0.4) is 0 Å². The first-order valence-corrected chi connectivity index (χ1v) is 7.01. The molecule has 2 heteroatoms. The van der Waals surface area contributed by atoms with E-state index in [0.29, 0.717) is 12.3 Å². The van der Waals surface area contributed by atoms with Crippen molar-refractivity contribution < 1.29 is 9.53 Å². The Morgan fingerprint density at radius 3 is 2.60 bits per heavy atom. The van der Waals surface area contributed by atoms with Gasteiger partial charge < -0.3 is 4.74 Å². The van der Waals surface area contributed by atoms with Crippen molar-refractivity contribution in [2.45, 2.75) is 25.7 Å². The molecule has 2 nitrogen and oxygen atoms in total. The first-order chi connectivity index (χ1) is 9.72. The Labute approximate surface area is 119 Å². The van der Waals surface area contributed by atoms with Gasteiger partial charge in [-0.1, -0.05) is 36.4 Å². The summed E-state index contributed by atoms with van der Waals surface area (Å²) in [6, 6.07) is 16.4. The maximum atomic E-state index is 11.0. The van der Waals surface area contributed by atoms with E-state index >= 15 is 0 Å². The number of hydrogen-bond acceptors (Lipinski definition) is 2. The number of carbonyl (C=O) groups is 1. The Balaban J connectivity index is 1.56. The summed E-state index contributed by atoms with van der Waals surface area (Å²) in [5.41, 5.74) is 3.90. The Morgan fingerprint density at radius 2 is 1.90 bits per heavy atom. The van der Waals surface area contributed by atoms with E-state index in [9.17, 15) is 4.79 Å². The third-order valence-corrected chi connectivity index (χ3v) is 3.79. The highest BCUT2D eigenvalue weighted by molar-refractivity contribution is 5.78. The van der Waals surface area contributed by atoms with E-state index in [-0.39, 0.29) is 5.78 Å². The number of Topliss-reactive ketones (excluding diaryl/α,β-unsaturated/α-hetero) is 1. The fraction of sp³-hybridized carbons (Fsp3) is 0.278. The highest BCUT2D eigenvalue weighted by atomic mass is 16.5. The van der Waals surface area contributed by atoms with Crippen molar-refractivity contribution in [3.8, 4) is 5.75 Å². The molecule has 1 atom stereocenters. The number of hydrogen-bond donors (Lipinski definition) is 0. The van der Waals surface area contributed by atoms with Gasteiger partial charge in [-0.05, 0) is 42.2 Å². The molecular weight excluding hydrogens is 248 g/mol. The molecule has 0 saturated heterocycles. The molecule has 1 unspecified atom stereocenters. The lowest BCUT2D eigenvalue weighted by molar-refractivity contribution is -0.116. The van der Waals surface area contributed by atoms with E-state index in [1.165, 1.54) is 11.1 Å². The Bertz CT molecular complexity index is 614. The fourth-order valence-electron chi connectivity index (χ4n) is 2.70. The van der Waals surface area contributed by atoms with Crippen molar-refractivity contribution in [1.82, 2.24) is 0 Å². The molecule has 102 valence electrons. The van der Waals surface area contributed by atoms with Crippen LogP contribution in [0.25, 0.3) is 0 Å². The van der Waals surface area contributed by atoms with Gasteiger partial charge in [-0.25, -0.2) is 0 Å². The molecule has 0 spiro atoms. The minimum absolute atomic E-state index is 0.185. The molecule has 0 heterocycles. The third-order valence-electron chi connectivity index (χ3n) is 3.79. The Morgan fingerprint density at radius 1 is 1.15 bits per heavy atom. The summed E-state index contributed by atoms with van der Waals surface area (Å²) in [6.45, 7) is 2.33. The van der Waals surface area contributed by atoms with Crippen LogP contribution in [-0.4, -0.2) is 12.4 Å². The summed E-state index contributed by atoms with van der Waals surface area (Å²) < 4.78 is 5.84. The summed E-state index contributed by atoms with van der Waals surface area (Å²) in [7, 11) is 0. The van der Waals surface area contributed by atoms with Gasteiger partial charge in [0.15, 0.2) is 0 Å². The van der Waals surface area contributed by atoms with Crippen molar-refractivity contribution in [3.63, 3.8) is 0 Å². The van der Waals surface area contributed by atoms with E-state index < -0.39 is 0 Å². The zero-order valence-electron chi connectivity index (χ0n) is 11.6. The second-order valence-electron chi connectivity index (χ2n) is 5.43. The lowest BCUT2D eigenvalue weighted by Crippen LogP contribution is -2.23. The minimum atomic E-state index is 0.185. The van der Waals surface area contributed by atoms with Crippen LogP contribution in [-0.2, 0) is 17.6 Å². The summed E-state index contributed by atoms with van der Waals surface area (Å²) in [6.07, 6.45) is 1.61. The van der Waals surface area contributed by atoms with E-state index in [1.54, 1.807) is 6.92 Å². The van der Waals surface area contributed by atoms with Crippen molar-refractivity contribution in [2.24, 2.45) is 0 Å².